The van der Waals surface area contributed by atoms with E-state index in [-0.39, 0.29) is 29.8 Å². The Morgan fingerprint density at radius 2 is 1.49 bits per heavy atom. The molecule has 8 heteroatoms. The molecule has 0 spiro atoms. The van der Waals surface area contributed by atoms with E-state index in [9.17, 15) is 9.18 Å². The lowest BCUT2D eigenvalue weighted by Crippen LogP contribution is -2.30. The number of aromatic nitrogens is 3. The normalized spacial score (nSPS) is 10.5. The topological polar surface area (TPSA) is 54.3 Å². The van der Waals surface area contributed by atoms with Gasteiger partial charge >= 0.3 is 0 Å². The molecular weight excluding hydrogens is 465 g/mol. The average molecular weight is 494 g/mol. The van der Waals surface area contributed by atoms with E-state index in [0.717, 1.165) is 29.9 Å². The quantitative estimate of drug-likeness (QED) is 0.305. The predicted octanol–water partition coefficient (Wildman–Crippen LogP) is 5.58. The van der Waals surface area contributed by atoms with Gasteiger partial charge in [0.25, 0.3) is 5.91 Å². The zero-order chi connectivity index (χ0) is 23.9. The van der Waals surface area contributed by atoms with Crippen molar-refractivity contribution in [2.75, 3.05) is 22.9 Å². The molecule has 0 bridgehead atoms. The fourth-order valence-electron chi connectivity index (χ4n) is 3.87. The van der Waals surface area contributed by atoms with Crippen LogP contribution in [0.15, 0.2) is 85.1 Å². The standard InChI is InChI=1S/C27H28FN5O.ClH/c1-3-31(4-2)24-14-10-22(11-15-24)19-33(25-16-12-23(28)13-17-25)27(34)26-20-32(30-29-26)18-21-8-6-5-7-9-21;/h5-17,20H,3-4,18-19H2,1-2H3;1H. The minimum atomic E-state index is -0.353. The van der Waals surface area contributed by atoms with Gasteiger partial charge in [0.15, 0.2) is 5.69 Å². The molecule has 1 heterocycles. The van der Waals surface area contributed by atoms with Gasteiger partial charge in [0, 0.05) is 24.5 Å². The van der Waals surface area contributed by atoms with E-state index in [1.165, 1.54) is 12.1 Å². The number of hydrogen-bond acceptors (Lipinski definition) is 4. The van der Waals surface area contributed by atoms with Gasteiger partial charge < -0.3 is 9.80 Å². The van der Waals surface area contributed by atoms with Gasteiger partial charge in [0.05, 0.1) is 19.3 Å². The maximum absolute atomic E-state index is 13.6. The Kier molecular flexibility index (Phi) is 8.98. The first-order chi connectivity index (χ1) is 16.6. The lowest BCUT2D eigenvalue weighted by molar-refractivity contribution is 0.0980. The first-order valence-corrected chi connectivity index (χ1v) is 11.4. The Morgan fingerprint density at radius 1 is 0.857 bits per heavy atom. The number of amides is 1. The van der Waals surface area contributed by atoms with Crippen LogP contribution in [0.1, 0.15) is 35.5 Å². The van der Waals surface area contributed by atoms with Crippen LogP contribution in [0.5, 0.6) is 0 Å². The Labute approximate surface area is 211 Å². The van der Waals surface area contributed by atoms with Gasteiger partial charge in [0.2, 0.25) is 0 Å². The third-order valence-electron chi connectivity index (χ3n) is 5.73. The minimum Gasteiger partial charge on any atom is -0.372 e. The number of halogens is 2. The van der Waals surface area contributed by atoms with Crippen LogP contribution in [0.4, 0.5) is 15.8 Å². The van der Waals surface area contributed by atoms with E-state index >= 15 is 0 Å². The third-order valence-corrected chi connectivity index (χ3v) is 5.73. The summed E-state index contributed by atoms with van der Waals surface area (Å²) in [5.74, 6) is -0.646. The summed E-state index contributed by atoms with van der Waals surface area (Å²) in [5, 5.41) is 8.25. The van der Waals surface area contributed by atoms with E-state index in [1.54, 1.807) is 27.9 Å². The molecule has 0 atom stereocenters. The van der Waals surface area contributed by atoms with Crippen LogP contribution >= 0.6 is 12.4 Å². The summed E-state index contributed by atoms with van der Waals surface area (Å²) in [7, 11) is 0. The van der Waals surface area contributed by atoms with Crippen molar-refractivity contribution < 1.29 is 9.18 Å². The van der Waals surface area contributed by atoms with Crippen molar-refractivity contribution in [1.82, 2.24) is 15.0 Å². The highest BCUT2D eigenvalue weighted by Crippen LogP contribution is 2.22. The van der Waals surface area contributed by atoms with Crippen LogP contribution in [-0.4, -0.2) is 34.0 Å². The number of benzene rings is 3. The average Bonchev–Trinajstić information content (AvgIpc) is 3.33. The number of hydrogen-bond donors (Lipinski definition) is 0. The van der Waals surface area contributed by atoms with Gasteiger partial charge in [-0.2, -0.15) is 0 Å². The number of rotatable bonds is 9. The van der Waals surface area contributed by atoms with E-state index in [4.69, 9.17) is 0 Å². The second kappa shape index (κ2) is 12.1. The zero-order valence-corrected chi connectivity index (χ0v) is 20.7. The van der Waals surface area contributed by atoms with Crippen LogP contribution < -0.4 is 9.80 Å². The summed E-state index contributed by atoms with van der Waals surface area (Å²) >= 11 is 0. The largest absolute Gasteiger partial charge is 0.372 e. The van der Waals surface area contributed by atoms with Gasteiger partial charge in [0.1, 0.15) is 5.82 Å². The van der Waals surface area contributed by atoms with Crippen molar-refractivity contribution in [3.8, 4) is 0 Å². The second-order valence-electron chi connectivity index (χ2n) is 7.99. The Bertz CT molecular complexity index is 1210. The van der Waals surface area contributed by atoms with Crippen molar-refractivity contribution in [2.24, 2.45) is 0 Å². The molecular formula is C27H29ClFN5O. The molecule has 1 amide bonds. The Morgan fingerprint density at radius 3 is 2.11 bits per heavy atom. The highest BCUT2D eigenvalue weighted by Gasteiger charge is 2.22. The van der Waals surface area contributed by atoms with Crippen molar-refractivity contribution in [1.29, 1.82) is 0 Å². The van der Waals surface area contributed by atoms with Crippen LogP contribution in [0.25, 0.3) is 0 Å². The smallest absolute Gasteiger partial charge is 0.280 e. The summed E-state index contributed by atoms with van der Waals surface area (Å²) in [6, 6.07) is 23.9. The minimum absolute atomic E-state index is 0. The number of anilines is 2. The van der Waals surface area contributed by atoms with Crippen LogP contribution in [0, 0.1) is 5.82 Å². The summed E-state index contributed by atoms with van der Waals surface area (Å²) < 4.78 is 15.2. The fourth-order valence-corrected chi connectivity index (χ4v) is 3.87. The zero-order valence-electron chi connectivity index (χ0n) is 19.8. The number of nitrogens with zero attached hydrogens (tertiary/aromatic N) is 5. The molecule has 182 valence electrons. The lowest BCUT2D eigenvalue weighted by atomic mass is 10.1. The molecule has 4 aromatic rings. The van der Waals surface area contributed by atoms with Crippen LogP contribution in [-0.2, 0) is 13.1 Å². The number of carbonyl (C=O) groups excluding carboxylic acids is 1. The second-order valence-corrected chi connectivity index (χ2v) is 7.99. The SMILES string of the molecule is CCN(CC)c1ccc(CN(C(=O)c2cn(Cc3ccccc3)nn2)c2ccc(F)cc2)cc1.Cl. The Hall–Kier alpha value is -3.71. The summed E-state index contributed by atoms with van der Waals surface area (Å²) in [6.07, 6.45) is 1.65. The Balaban J connectivity index is 0.00000342. The first kappa shape index (κ1) is 25.9. The van der Waals surface area contributed by atoms with Crippen molar-refractivity contribution in [3.63, 3.8) is 0 Å². The first-order valence-electron chi connectivity index (χ1n) is 11.4. The highest BCUT2D eigenvalue weighted by atomic mass is 35.5. The molecule has 0 aliphatic carbocycles. The number of carbonyl (C=O) groups is 1. The summed E-state index contributed by atoms with van der Waals surface area (Å²) in [4.78, 5) is 17.3. The van der Waals surface area contributed by atoms with E-state index < -0.39 is 0 Å². The van der Waals surface area contributed by atoms with Crippen molar-refractivity contribution >= 4 is 29.7 Å². The third kappa shape index (κ3) is 6.45. The van der Waals surface area contributed by atoms with E-state index in [2.05, 4.69) is 41.2 Å². The molecule has 0 fully saturated rings. The van der Waals surface area contributed by atoms with Crippen LogP contribution in [0.2, 0.25) is 0 Å². The van der Waals surface area contributed by atoms with Gasteiger partial charge in [-0.05, 0) is 61.4 Å². The monoisotopic (exact) mass is 493 g/mol. The molecule has 0 unspecified atom stereocenters. The maximum Gasteiger partial charge on any atom is 0.280 e. The summed E-state index contributed by atoms with van der Waals surface area (Å²) in [6.45, 7) is 6.94. The molecule has 4 rings (SSSR count). The molecule has 0 saturated carbocycles. The molecule has 6 nitrogen and oxygen atoms in total. The molecule has 35 heavy (non-hydrogen) atoms. The maximum atomic E-state index is 13.6. The summed E-state index contributed by atoms with van der Waals surface area (Å²) in [5.41, 5.74) is 3.99. The molecule has 0 saturated heterocycles. The predicted molar refractivity (Wildman–Crippen MR) is 140 cm³/mol. The fraction of sp³-hybridized carbons (Fsp3) is 0.222. The van der Waals surface area contributed by atoms with Crippen LogP contribution in [0.3, 0.4) is 0 Å². The van der Waals surface area contributed by atoms with E-state index in [0.29, 0.717) is 18.8 Å². The van der Waals surface area contributed by atoms with Crippen molar-refractivity contribution in [2.45, 2.75) is 26.9 Å². The molecule has 3 aromatic carbocycles. The van der Waals surface area contributed by atoms with Gasteiger partial charge in [-0.1, -0.05) is 47.7 Å². The van der Waals surface area contributed by atoms with Gasteiger partial charge in [-0.25, -0.2) is 9.07 Å². The molecule has 0 aliphatic heterocycles. The molecule has 1 aromatic heterocycles. The lowest BCUT2D eigenvalue weighted by Gasteiger charge is -2.24. The molecule has 0 radical (unpaired) electrons. The van der Waals surface area contributed by atoms with Gasteiger partial charge in [-0.3, -0.25) is 4.79 Å². The highest BCUT2D eigenvalue weighted by molar-refractivity contribution is 6.04. The molecule has 0 aliphatic rings. The van der Waals surface area contributed by atoms with E-state index in [1.807, 2.05) is 42.5 Å². The molecule has 0 N–H and O–H groups in total. The van der Waals surface area contributed by atoms with Crippen molar-refractivity contribution in [3.05, 3.63) is 108 Å². The van der Waals surface area contributed by atoms with Gasteiger partial charge in [-0.15, -0.1) is 17.5 Å².